The summed E-state index contributed by atoms with van der Waals surface area (Å²) in [6.07, 6.45) is 11.3. The molecule has 0 aromatic carbocycles. The number of nitrogens with zero attached hydrogens (tertiary/aromatic N) is 1. The SMILES string of the molecule is CCN(C1CC2CCC(C1)N2)C1CCCCC1OC. The van der Waals surface area contributed by atoms with Gasteiger partial charge in [0.05, 0.1) is 6.10 Å². The summed E-state index contributed by atoms with van der Waals surface area (Å²) in [5.41, 5.74) is 0. The van der Waals surface area contributed by atoms with E-state index in [0.717, 1.165) is 18.1 Å². The lowest BCUT2D eigenvalue weighted by Crippen LogP contribution is -2.55. The number of hydrogen-bond donors (Lipinski definition) is 1. The van der Waals surface area contributed by atoms with E-state index in [1.54, 1.807) is 0 Å². The fraction of sp³-hybridized carbons (Fsp3) is 1.00. The fourth-order valence-electron chi connectivity index (χ4n) is 4.79. The van der Waals surface area contributed by atoms with Crippen molar-refractivity contribution in [1.29, 1.82) is 0 Å². The Morgan fingerprint density at radius 1 is 1.05 bits per heavy atom. The number of methoxy groups -OCH3 is 1. The van der Waals surface area contributed by atoms with E-state index in [2.05, 4.69) is 17.1 Å². The van der Waals surface area contributed by atoms with E-state index < -0.39 is 0 Å². The molecule has 19 heavy (non-hydrogen) atoms. The summed E-state index contributed by atoms with van der Waals surface area (Å²) in [7, 11) is 1.91. The lowest BCUT2D eigenvalue weighted by Gasteiger charge is -2.45. The molecule has 4 atom stereocenters. The van der Waals surface area contributed by atoms with Crippen molar-refractivity contribution in [2.45, 2.75) is 88.6 Å². The number of hydrogen-bond acceptors (Lipinski definition) is 3. The van der Waals surface area contributed by atoms with Crippen LogP contribution in [0.25, 0.3) is 0 Å². The van der Waals surface area contributed by atoms with Crippen LogP contribution >= 0.6 is 0 Å². The van der Waals surface area contributed by atoms with Gasteiger partial charge in [0.15, 0.2) is 0 Å². The molecule has 0 radical (unpaired) electrons. The van der Waals surface area contributed by atoms with E-state index in [4.69, 9.17) is 4.74 Å². The third-order valence-electron chi connectivity index (χ3n) is 5.68. The maximum atomic E-state index is 5.79. The quantitative estimate of drug-likeness (QED) is 0.846. The van der Waals surface area contributed by atoms with Crippen molar-refractivity contribution in [3.63, 3.8) is 0 Å². The van der Waals surface area contributed by atoms with Crippen LogP contribution in [0.5, 0.6) is 0 Å². The Morgan fingerprint density at radius 3 is 2.37 bits per heavy atom. The Kier molecular flexibility index (Phi) is 4.45. The van der Waals surface area contributed by atoms with Gasteiger partial charge in [0.25, 0.3) is 0 Å². The zero-order chi connectivity index (χ0) is 13.2. The smallest absolute Gasteiger partial charge is 0.0726 e. The topological polar surface area (TPSA) is 24.5 Å². The first-order valence-corrected chi connectivity index (χ1v) is 8.36. The summed E-state index contributed by atoms with van der Waals surface area (Å²) in [5.74, 6) is 0. The number of likely N-dealkylation sites (N-methyl/N-ethyl adjacent to an activating group) is 1. The van der Waals surface area contributed by atoms with Gasteiger partial charge in [0, 0.05) is 31.3 Å². The first-order valence-electron chi connectivity index (χ1n) is 8.36. The second kappa shape index (κ2) is 6.11. The third kappa shape index (κ3) is 2.84. The Morgan fingerprint density at radius 2 is 1.74 bits per heavy atom. The minimum Gasteiger partial charge on any atom is -0.380 e. The van der Waals surface area contributed by atoms with Gasteiger partial charge < -0.3 is 10.1 Å². The number of ether oxygens (including phenoxy) is 1. The molecule has 2 bridgehead atoms. The fourth-order valence-corrected chi connectivity index (χ4v) is 4.79. The van der Waals surface area contributed by atoms with E-state index in [1.807, 2.05) is 7.11 Å². The molecule has 1 aliphatic carbocycles. The molecule has 2 aliphatic heterocycles. The van der Waals surface area contributed by atoms with Crippen LogP contribution in [-0.4, -0.2) is 48.8 Å². The average molecular weight is 266 g/mol. The van der Waals surface area contributed by atoms with E-state index in [0.29, 0.717) is 12.1 Å². The zero-order valence-corrected chi connectivity index (χ0v) is 12.6. The number of rotatable bonds is 4. The molecule has 2 heterocycles. The van der Waals surface area contributed by atoms with Crippen LogP contribution in [0.3, 0.4) is 0 Å². The molecule has 0 aromatic heterocycles. The highest BCUT2D eigenvalue weighted by molar-refractivity contribution is 4.98. The van der Waals surface area contributed by atoms with Gasteiger partial charge in [-0.3, -0.25) is 4.90 Å². The van der Waals surface area contributed by atoms with Crippen LogP contribution in [-0.2, 0) is 4.74 Å². The molecule has 1 saturated carbocycles. The molecular weight excluding hydrogens is 236 g/mol. The summed E-state index contributed by atoms with van der Waals surface area (Å²) in [5, 5.41) is 3.77. The van der Waals surface area contributed by atoms with Crippen molar-refractivity contribution >= 4 is 0 Å². The van der Waals surface area contributed by atoms with Crippen molar-refractivity contribution in [2.75, 3.05) is 13.7 Å². The van der Waals surface area contributed by atoms with Crippen LogP contribution in [0, 0.1) is 0 Å². The largest absolute Gasteiger partial charge is 0.380 e. The van der Waals surface area contributed by atoms with Gasteiger partial charge in [-0.05, 0) is 45.1 Å². The lowest BCUT2D eigenvalue weighted by molar-refractivity contribution is -0.0328. The van der Waals surface area contributed by atoms with Gasteiger partial charge in [-0.15, -0.1) is 0 Å². The van der Waals surface area contributed by atoms with Crippen molar-refractivity contribution in [2.24, 2.45) is 0 Å². The third-order valence-corrected chi connectivity index (χ3v) is 5.68. The summed E-state index contributed by atoms with van der Waals surface area (Å²) in [6.45, 7) is 3.53. The van der Waals surface area contributed by atoms with Gasteiger partial charge >= 0.3 is 0 Å². The molecule has 3 rings (SSSR count). The Balaban J connectivity index is 1.68. The molecule has 0 spiro atoms. The molecule has 1 N–H and O–H groups in total. The Hall–Kier alpha value is -0.120. The average Bonchev–Trinajstić information content (AvgIpc) is 2.79. The molecule has 110 valence electrons. The number of fused-ring (bicyclic) bond motifs is 2. The van der Waals surface area contributed by atoms with Gasteiger partial charge in [-0.25, -0.2) is 0 Å². The molecule has 4 unspecified atom stereocenters. The second-order valence-corrected chi connectivity index (χ2v) is 6.72. The highest BCUT2D eigenvalue weighted by atomic mass is 16.5. The second-order valence-electron chi connectivity index (χ2n) is 6.72. The molecule has 3 aliphatic rings. The van der Waals surface area contributed by atoms with E-state index >= 15 is 0 Å². The minimum absolute atomic E-state index is 0.473. The lowest BCUT2D eigenvalue weighted by atomic mass is 9.88. The first-order chi connectivity index (χ1) is 9.31. The summed E-state index contributed by atoms with van der Waals surface area (Å²) in [4.78, 5) is 2.79. The summed E-state index contributed by atoms with van der Waals surface area (Å²) >= 11 is 0. The van der Waals surface area contributed by atoms with Gasteiger partial charge in [-0.2, -0.15) is 0 Å². The standard InChI is InChI=1S/C16H30N2O/c1-3-18(15-6-4-5-7-16(15)19-2)14-10-12-8-9-13(11-14)17-12/h12-17H,3-11H2,1-2H3. The summed E-state index contributed by atoms with van der Waals surface area (Å²) in [6, 6.07) is 3.06. The summed E-state index contributed by atoms with van der Waals surface area (Å²) < 4.78 is 5.79. The normalized spacial score (nSPS) is 42.8. The van der Waals surface area contributed by atoms with Gasteiger partial charge in [0.2, 0.25) is 0 Å². The molecule has 3 nitrogen and oxygen atoms in total. The molecule has 3 fully saturated rings. The van der Waals surface area contributed by atoms with Crippen LogP contribution in [0.4, 0.5) is 0 Å². The van der Waals surface area contributed by atoms with Crippen molar-refractivity contribution < 1.29 is 4.74 Å². The number of nitrogens with one attached hydrogen (secondary N) is 1. The van der Waals surface area contributed by atoms with Gasteiger partial charge in [-0.1, -0.05) is 19.8 Å². The molecule has 0 amide bonds. The highest BCUT2D eigenvalue weighted by Gasteiger charge is 2.39. The number of piperidine rings is 1. The molecule has 0 aromatic rings. The van der Waals surface area contributed by atoms with E-state index in [1.165, 1.54) is 57.9 Å². The first kappa shape index (κ1) is 13.8. The van der Waals surface area contributed by atoms with Gasteiger partial charge in [0.1, 0.15) is 0 Å². The van der Waals surface area contributed by atoms with Crippen molar-refractivity contribution in [3.8, 4) is 0 Å². The molecular formula is C16H30N2O. The Bertz CT molecular complexity index is 284. The maximum absolute atomic E-state index is 5.79. The monoisotopic (exact) mass is 266 g/mol. The minimum atomic E-state index is 0.473. The highest BCUT2D eigenvalue weighted by Crippen LogP contribution is 2.34. The zero-order valence-electron chi connectivity index (χ0n) is 12.6. The van der Waals surface area contributed by atoms with Crippen LogP contribution in [0.2, 0.25) is 0 Å². The van der Waals surface area contributed by atoms with Crippen LogP contribution < -0.4 is 5.32 Å². The van der Waals surface area contributed by atoms with E-state index in [-0.39, 0.29) is 0 Å². The van der Waals surface area contributed by atoms with Crippen LogP contribution in [0.1, 0.15) is 58.3 Å². The van der Waals surface area contributed by atoms with Crippen molar-refractivity contribution in [3.05, 3.63) is 0 Å². The Labute approximate surface area is 118 Å². The maximum Gasteiger partial charge on any atom is 0.0726 e. The molecule has 2 saturated heterocycles. The predicted molar refractivity (Wildman–Crippen MR) is 78.4 cm³/mol. The van der Waals surface area contributed by atoms with E-state index in [9.17, 15) is 0 Å². The predicted octanol–water partition coefficient (Wildman–Crippen LogP) is 2.55. The van der Waals surface area contributed by atoms with Crippen LogP contribution in [0.15, 0.2) is 0 Å². The van der Waals surface area contributed by atoms with Crippen molar-refractivity contribution in [1.82, 2.24) is 10.2 Å². The molecule has 3 heteroatoms.